The number of benzene rings is 2. The summed E-state index contributed by atoms with van der Waals surface area (Å²) in [7, 11) is -1.18. The number of nitrogens with zero attached hydrogens (tertiary/aromatic N) is 1. The number of hydrogen-bond acceptors (Lipinski definition) is 5. The number of nitrogens with one attached hydrogen (secondary N) is 1. The molecule has 0 radical (unpaired) electrons. The first-order chi connectivity index (χ1) is 14.2. The second-order valence-electron chi connectivity index (χ2n) is 6.76. The van der Waals surface area contributed by atoms with Gasteiger partial charge in [-0.1, -0.05) is 24.9 Å². The van der Waals surface area contributed by atoms with Gasteiger partial charge in [-0.05, 0) is 49.7 Å². The highest BCUT2D eigenvalue weighted by Gasteiger charge is 2.28. The van der Waals surface area contributed by atoms with E-state index in [0.717, 1.165) is 17.1 Å². The van der Waals surface area contributed by atoms with Crippen molar-refractivity contribution in [3.63, 3.8) is 0 Å². The van der Waals surface area contributed by atoms with Crippen molar-refractivity contribution in [3.05, 3.63) is 47.5 Å². The van der Waals surface area contributed by atoms with Crippen molar-refractivity contribution in [1.82, 2.24) is 5.32 Å². The zero-order valence-electron chi connectivity index (χ0n) is 17.5. The van der Waals surface area contributed by atoms with E-state index in [1.807, 2.05) is 13.8 Å². The highest BCUT2D eigenvalue weighted by atomic mass is 35.5. The molecule has 0 aromatic heterocycles. The highest BCUT2D eigenvalue weighted by molar-refractivity contribution is 7.92. The van der Waals surface area contributed by atoms with Crippen LogP contribution in [0.2, 0.25) is 5.02 Å². The number of methoxy groups -OCH3 is 2. The fraction of sp³-hybridized carbons (Fsp3) is 0.381. The lowest BCUT2D eigenvalue weighted by atomic mass is 10.2. The highest BCUT2D eigenvalue weighted by Crippen LogP contribution is 2.32. The first-order valence-electron chi connectivity index (χ1n) is 9.52. The van der Waals surface area contributed by atoms with Crippen molar-refractivity contribution in [2.24, 2.45) is 0 Å². The van der Waals surface area contributed by atoms with Gasteiger partial charge in [0, 0.05) is 17.1 Å². The number of rotatable bonds is 10. The van der Waals surface area contributed by atoms with Crippen LogP contribution in [0, 0.1) is 0 Å². The summed E-state index contributed by atoms with van der Waals surface area (Å²) in [5, 5.41) is 3.30. The van der Waals surface area contributed by atoms with Gasteiger partial charge in [-0.2, -0.15) is 0 Å². The molecule has 0 saturated heterocycles. The maximum absolute atomic E-state index is 13.4. The van der Waals surface area contributed by atoms with E-state index in [-0.39, 0.29) is 23.2 Å². The van der Waals surface area contributed by atoms with E-state index in [1.165, 1.54) is 32.4 Å². The van der Waals surface area contributed by atoms with Crippen molar-refractivity contribution in [1.29, 1.82) is 0 Å². The molecule has 0 fully saturated rings. The molecule has 0 spiro atoms. The average molecular weight is 455 g/mol. The maximum atomic E-state index is 13.4. The van der Waals surface area contributed by atoms with E-state index in [2.05, 4.69) is 5.32 Å². The second kappa shape index (κ2) is 10.5. The Kier molecular flexibility index (Phi) is 8.37. The van der Waals surface area contributed by atoms with Crippen molar-refractivity contribution in [2.45, 2.75) is 37.6 Å². The predicted octanol–water partition coefficient (Wildman–Crippen LogP) is 3.86. The molecule has 30 heavy (non-hydrogen) atoms. The van der Waals surface area contributed by atoms with E-state index >= 15 is 0 Å². The Bertz CT molecular complexity index is 964. The van der Waals surface area contributed by atoms with Crippen LogP contribution in [0.25, 0.3) is 0 Å². The summed E-state index contributed by atoms with van der Waals surface area (Å²) in [6.07, 6.45) is 1.71. The van der Waals surface area contributed by atoms with Crippen LogP contribution in [0.5, 0.6) is 11.5 Å². The quantitative estimate of drug-likeness (QED) is 0.589. The molecule has 0 aliphatic carbocycles. The summed E-state index contributed by atoms with van der Waals surface area (Å²) in [5.74, 6) is 0.284. The minimum atomic E-state index is -4.07. The molecule has 0 aliphatic heterocycles. The molecule has 0 heterocycles. The summed E-state index contributed by atoms with van der Waals surface area (Å²) in [6.45, 7) is 3.54. The van der Waals surface area contributed by atoms with Crippen LogP contribution in [-0.4, -0.2) is 41.1 Å². The number of carbonyl (C=O) groups is 1. The first kappa shape index (κ1) is 23.8. The maximum Gasteiger partial charge on any atom is 0.264 e. The summed E-state index contributed by atoms with van der Waals surface area (Å²) < 4.78 is 38.4. The van der Waals surface area contributed by atoms with Crippen LogP contribution in [-0.2, 0) is 14.8 Å². The van der Waals surface area contributed by atoms with Crippen LogP contribution in [0.3, 0.4) is 0 Å². The molecular formula is C21H27ClN2O5S. The molecule has 1 amide bonds. The van der Waals surface area contributed by atoms with E-state index in [1.54, 1.807) is 24.3 Å². The zero-order chi connectivity index (χ0) is 22.3. The van der Waals surface area contributed by atoms with Gasteiger partial charge in [-0.3, -0.25) is 9.10 Å². The second-order valence-corrected chi connectivity index (χ2v) is 9.06. The Morgan fingerprint density at radius 2 is 1.73 bits per heavy atom. The molecule has 9 heteroatoms. The van der Waals surface area contributed by atoms with Gasteiger partial charge in [0.2, 0.25) is 5.91 Å². The molecule has 0 unspecified atom stereocenters. The van der Waals surface area contributed by atoms with Crippen LogP contribution < -0.4 is 19.1 Å². The molecule has 0 bridgehead atoms. The summed E-state index contributed by atoms with van der Waals surface area (Å²) >= 11 is 5.95. The van der Waals surface area contributed by atoms with Crippen LogP contribution in [0.4, 0.5) is 5.69 Å². The van der Waals surface area contributed by atoms with Gasteiger partial charge in [-0.25, -0.2) is 8.42 Å². The summed E-state index contributed by atoms with van der Waals surface area (Å²) in [4.78, 5) is 12.6. The lowest BCUT2D eigenvalue weighted by molar-refractivity contribution is -0.120. The molecular weight excluding hydrogens is 428 g/mol. The monoisotopic (exact) mass is 454 g/mol. The Labute approximate surface area is 183 Å². The van der Waals surface area contributed by atoms with Gasteiger partial charge in [0.15, 0.2) is 11.5 Å². The van der Waals surface area contributed by atoms with Crippen LogP contribution >= 0.6 is 11.6 Å². The smallest absolute Gasteiger partial charge is 0.264 e. The third-order valence-electron chi connectivity index (χ3n) is 4.47. The number of sulfonamides is 1. The summed E-state index contributed by atoms with van der Waals surface area (Å²) in [5.41, 5.74) is 0.326. The summed E-state index contributed by atoms with van der Waals surface area (Å²) in [6, 6.07) is 10.5. The first-order valence-corrected chi connectivity index (χ1v) is 11.3. The number of amides is 1. The van der Waals surface area contributed by atoms with Gasteiger partial charge in [0.25, 0.3) is 10.0 Å². The molecule has 0 aliphatic rings. The third kappa shape index (κ3) is 5.79. The zero-order valence-corrected chi connectivity index (χ0v) is 19.1. The molecule has 2 aromatic rings. The molecule has 2 rings (SSSR count). The number of carbonyl (C=O) groups excluding carboxylic acids is 1. The van der Waals surface area contributed by atoms with E-state index in [4.69, 9.17) is 21.1 Å². The van der Waals surface area contributed by atoms with Gasteiger partial charge < -0.3 is 14.8 Å². The van der Waals surface area contributed by atoms with E-state index in [9.17, 15) is 13.2 Å². The molecule has 1 atom stereocenters. The molecule has 7 nitrogen and oxygen atoms in total. The van der Waals surface area contributed by atoms with Gasteiger partial charge in [0.05, 0.1) is 24.8 Å². The SMILES string of the molecule is CCC[C@H](C)NC(=O)CN(c1ccc(Cl)cc1)S(=O)(=O)c1ccc(OC)c(OC)c1. The molecule has 2 aromatic carbocycles. The van der Waals surface area contributed by atoms with Crippen molar-refractivity contribution in [3.8, 4) is 11.5 Å². The fourth-order valence-electron chi connectivity index (χ4n) is 2.98. The molecule has 0 saturated carbocycles. The number of anilines is 1. The Morgan fingerprint density at radius 3 is 2.30 bits per heavy atom. The number of hydrogen-bond donors (Lipinski definition) is 1. The van der Waals surface area contributed by atoms with Gasteiger partial charge in [-0.15, -0.1) is 0 Å². The lowest BCUT2D eigenvalue weighted by Crippen LogP contribution is -2.43. The molecule has 164 valence electrons. The molecule has 1 N–H and O–H groups in total. The third-order valence-corrected chi connectivity index (χ3v) is 6.50. The largest absolute Gasteiger partial charge is 0.493 e. The minimum absolute atomic E-state index is 0.0236. The Morgan fingerprint density at radius 1 is 1.10 bits per heavy atom. The topological polar surface area (TPSA) is 84.9 Å². The normalized spacial score (nSPS) is 12.2. The van der Waals surface area contributed by atoms with E-state index < -0.39 is 15.9 Å². The minimum Gasteiger partial charge on any atom is -0.493 e. The van der Waals surface area contributed by atoms with Gasteiger partial charge in [0.1, 0.15) is 6.54 Å². The number of ether oxygens (including phenoxy) is 2. The van der Waals surface area contributed by atoms with E-state index in [0.29, 0.717) is 16.5 Å². The standard InChI is InChI=1S/C21H27ClN2O5S/c1-5-6-15(2)23-21(25)14-24(17-9-7-16(22)8-10-17)30(26,27)18-11-12-19(28-3)20(13-18)29-4/h7-13,15H,5-6,14H2,1-4H3,(H,23,25)/t15-/m0/s1. The van der Waals surface area contributed by atoms with Crippen LogP contribution in [0.1, 0.15) is 26.7 Å². The lowest BCUT2D eigenvalue weighted by Gasteiger charge is -2.25. The van der Waals surface area contributed by atoms with Crippen molar-refractivity contribution in [2.75, 3.05) is 25.1 Å². The predicted molar refractivity (Wildman–Crippen MR) is 118 cm³/mol. The van der Waals surface area contributed by atoms with Crippen LogP contribution in [0.15, 0.2) is 47.4 Å². The van der Waals surface area contributed by atoms with Crippen molar-refractivity contribution < 1.29 is 22.7 Å². The van der Waals surface area contributed by atoms with Crippen molar-refractivity contribution >= 4 is 33.2 Å². The fourth-order valence-corrected chi connectivity index (χ4v) is 4.55. The Hall–Kier alpha value is -2.45. The van der Waals surface area contributed by atoms with Gasteiger partial charge >= 0.3 is 0 Å². The number of halogens is 1. The average Bonchev–Trinajstić information content (AvgIpc) is 2.72. The Balaban J connectivity index is 2.44.